The first-order valence-electron chi connectivity index (χ1n) is 5.87. The highest BCUT2D eigenvalue weighted by molar-refractivity contribution is 5.44. The number of hydrogen-bond acceptors (Lipinski definition) is 1. The highest BCUT2D eigenvalue weighted by atomic mass is 14.5. The second kappa shape index (κ2) is 8.78. The van der Waals surface area contributed by atoms with Crippen molar-refractivity contribution < 1.29 is 0 Å². The summed E-state index contributed by atoms with van der Waals surface area (Å²) in [6.07, 6.45) is 15.2. The van der Waals surface area contributed by atoms with E-state index in [1.807, 2.05) is 32.9 Å². The molecule has 0 bridgehead atoms. The maximum absolute atomic E-state index is 5.58. The minimum absolute atomic E-state index is 0.951. The maximum atomic E-state index is 5.58. The molecular weight excluding hydrogens is 194 g/mol. The third-order valence-corrected chi connectivity index (χ3v) is 2.20. The van der Waals surface area contributed by atoms with Crippen LogP contribution in [0.4, 0.5) is 0 Å². The molecule has 0 saturated heterocycles. The Hall–Kier alpha value is -1.50. The molecule has 1 aliphatic carbocycles. The first kappa shape index (κ1) is 14.5. The van der Waals surface area contributed by atoms with Gasteiger partial charge in [0.1, 0.15) is 0 Å². The third kappa shape index (κ3) is 4.83. The van der Waals surface area contributed by atoms with E-state index in [1.54, 1.807) is 6.20 Å². The fraction of sp³-hybridized carbons (Fsp3) is 0.333. The first-order valence-corrected chi connectivity index (χ1v) is 5.87. The lowest BCUT2D eigenvalue weighted by molar-refractivity contribution is 1.22. The molecule has 0 radical (unpaired) electrons. The molecule has 0 aromatic rings. The Morgan fingerprint density at radius 2 is 2.06 bits per heavy atom. The predicted octanol–water partition coefficient (Wildman–Crippen LogP) is 4.26. The zero-order valence-corrected chi connectivity index (χ0v) is 10.8. The quantitative estimate of drug-likeness (QED) is 0.687. The minimum Gasteiger partial charge on any atom is -0.404 e. The molecule has 1 nitrogen and oxygen atoms in total. The molecule has 0 atom stereocenters. The van der Waals surface area contributed by atoms with Gasteiger partial charge in [0.25, 0.3) is 0 Å². The van der Waals surface area contributed by atoms with E-state index in [-0.39, 0.29) is 0 Å². The van der Waals surface area contributed by atoms with E-state index < -0.39 is 0 Å². The topological polar surface area (TPSA) is 26.0 Å². The van der Waals surface area contributed by atoms with Gasteiger partial charge in [-0.05, 0) is 31.4 Å². The Morgan fingerprint density at radius 3 is 2.62 bits per heavy atom. The fourth-order valence-corrected chi connectivity index (χ4v) is 1.39. The summed E-state index contributed by atoms with van der Waals surface area (Å²) in [4.78, 5) is 0. The normalized spacial score (nSPS) is 16.1. The Bertz CT molecular complexity index is 336. The number of nitrogens with two attached hydrogens (primary N) is 1. The molecular formula is C15H23N. The van der Waals surface area contributed by atoms with Gasteiger partial charge in [0.05, 0.1) is 0 Å². The Labute approximate surface area is 99.7 Å². The standard InChI is InChI=1S/C13H17N.C2H6/c1-3-5-13(10-14)12-7-4-6-11(2)8-9-12;1-2/h3-8,10H,9,14H2,1-2H3;1-2H3/b5-3-,13-10+;. The Balaban J connectivity index is 0.00000106. The third-order valence-electron chi connectivity index (χ3n) is 2.20. The number of rotatable bonds is 2. The average molecular weight is 217 g/mol. The Kier molecular flexibility index (Phi) is 7.96. The predicted molar refractivity (Wildman–Crippen MR) is 74.0 cm³/mol. The molecule has 1 heteroatoms. The van der Waals surface area contributed by atoms with Gasteiger partial charge in [-0.3, -0.25) is 0 Å². The highest BCUT2D eigenvalue weighted by Crippen LogP contribution is 2.19. The summed E-state index contributed by atoms with van der Waals surface area (Å²) in [7, 11) is 0. The van der Waals surface area contributed by atoms with Crippen LogP contribution in [0.5, 0.6) is 0 Å². The first-order chi connectivity index (χ1) is 7.77. The lowest BCUT2D eigenvalue weighted by atomic mass is 10.0. The van der Waals surface area contributed by atoms with Crippen LogP contribution in [0.25, 0.3) is 0 Å². The van der Waals surface area contributed by atoms with Crippen molar-refractivity contribution in [1.82, 2.24) is 0 Å². The van der Waals surface area contributed by atoms with Crippen molar-refractivity contribution in [2.75, 3.05) is 0 Å². The molecule has 1 rings (SSSR count). The molecule has 1 aliphatic rings. The summed E-state index contributed by atoms with van der Waals surface area (Å²) in [5, 5.41) is 0. The molecule has 0 saturated carbocycles. The van der Waals surface area contributed by atoms with E-state index in [0.717, 1.165) is 12.0 Å². The van der Waals surface area contributed by atoms with Gasteiger partial charge in [-0.2, -0.15) is 0 Å². The van der Waals surface area contributed by atoms with Gasteiger partial charge in [-0.15, -0.1) is 0 Å². The smallest absolute Gasteiger partial charge is 0.00143 e. The van der Waals surface area contributed by atoms with Crippen LogP contribution in [0.2, 0.25) is 0 Å². The van der Waals surface area contributed by atoms with Crippen molar-refractivity contribution in [1.29, 1.82) is 0 Å². The van der Waals surface area contributed by atoms with Gasteiger partial charge < -0.3 is 5.73 Å². The summed E-state index contributed by atoms with van der Waals surface area (Å²) < 4.78 is 0. The molecule has 0 fully saturated rings. The molecule has 0 aliphatic heterocycles. The van der Waals surface area contributed by atoms with Crippen LogP contribution >= 0.6 is 0 Å². The van der Waals surface area contributed by atoms with Crippen molar-refractivity contribution in [2.24, 2.45) is 5.73 Å². The Morgan fingerprint density at radius 1 is 1.38 bits per heavy atom. The van der Waals surface area contributed by atoms with E-state index in [9.17, 15) is 0 Å². The zero-order valence-electron chi connectivity index (χ0n) is 10.8. The van der Waals surface area contributed by atoms with E-state index >= 15 is 0 Å². The molecule has 0 unspecified atom stereocenters. The summed E-state index contributed by atoms with van der Waals surface area (Å²) in [6, 6.07) is 0. The summed E-state index contributed by atoms with van der Waals surface area (Å²) >= 11 is 0. The SMILES string of the molecule is C/C=C\C(=C/N)C1=CC=CC(C)=CC1.CC. The molecule has 2 N–H and O–H groups in total. The van der Waals surface area contributed by atoms with Crippen molar-refractivity contribution >= 4 is 0 Å². The molecule has 16 heavy (non-hydrogen) atoms. The second-order valence-corrected chi connectivity index (χ2v) is 3.33. The van der Waals surface area contributed by atoms with Crippen molar-refractivity contribution in [2.45, 2.75) is 34.1 Å². The van der Waals surface area contributed by atoms with Crippen LogP contribution in [0.1, 0.15) is 34.1 Å². The van der Waals surface area contributed by atoms with Crippen molar-refractivity contribution in [3.63, 3.8) is 0 Å². The van der Waals surface area contributed by atoms with Crippen LogP contribution < -0.4 is 5.73 Å². The van der Waals surface area contributed by atoms with Crippen molar-refractivity contribution in [3.8, 4) is 0 Å². The van der Waals surface area contributed by atoms with Crippen LogP contribution in [-0.4, -0.2) is 0 Å². The molecule has 0 heterocycles. The lowest BCUT2D eigenvalue weighted by Crippen LogP contribution is -1.90. The van der Waals surface area contributed by atoms with Crippen LogP contribution in [0, 0.1) is 0 Å². The highest BCUT2D eigenvalue weighted by Gasteiger charge is 2.00. The maximum Gasteiger partial charge on any atom is 0.00143 e. The van der Waals surface area contributed by atoms with Crippen LogP contribution in [0.15, 0.2) is 59.4 Å². The lowest BCUT2D eigenvalue weighted by Gasteiger charge is -2.03. The molecule has 0 spiro atoms. The molecule has 0 amide bonds. The minimum atomic E-state index is 0.951. The van der Waals surface area contributed by atoms with Gasteiger partial charge in [-0.25, -0.2) is 0 Å². The van der Waals surface area contributed by atoms with E-state index in [1.165, 1.54) is 11.1 Å². The molecule has 0 aromatic carbocycles. The number of hydrogen-bond donors (Lipinski definition) is 1. The molecule has 88 valence electrons. The monoisotopic (exact) mass is 217 g/mol. The summed E-state index contributed by atoms with van der Waals surface area (Å²) in [5.74, 6) is 0. The van der Waals surface area contributed by atoms with Crippen molar-refractivity contribution in [3.05, 3.63) is 59.4 Å². The van der Waals surface area contributed by atoms with E-state index in [4.69, 9.17) is 5.73 Å². The largest absolute Gasteiger partial charge is 0.404 e. The fourth-order valence-electron chi connectivity index (χ4n) is 1.39. The van der Waals surface area contributed by atoms with Gasteiger partial charge in [0.2, 0.25) is 0 Å². The molecule has 0 aromatic heterocycles. The van der Waals surface area contributed by atoms with Gasteiger partial charge in [0, 0.05) is 6.20 Å². The summed E-state index contributed by atoms with van der Waals surface area (Å²) in [6.45, 7) is 8.10. The zero-order chi connectivity index (χ0) is 12.4. The van der Waals surface area contributed by atoms with Gasteiger partial charge in [-0.1, -0.05) is 55.9 Å². The van der Waals surface area contributed by atoms with Gasteiger partial charge >= 0.3 is 0 Å². The van der Waals surface area contributed by atoms with Gasteiger partial charge in [0.15, 0.2) is 0 Å². The number of allylic oxidation sites excluding steroid dienone is 9. The van der Waals surface area contributed by atoms with E-state index in [2.05, 4.69) is 31.2 Å². The van der Waals surface area contributed by atoms with Crippen LogP contribution in [-0.2, 0) is 0 Å². The summed E-state index contributed by atoms with van der Waals surface area (Å²) in [5.41, 5.74) is 9.24. The van der Waals surface area contributed by atoms with E-state index in [0.29, 0.717) is 0 Å². The van der Waals surface area contributed by atoms with Crippen LogP contribution in [0.3, 0.4) is 0 Å². The second-order valence-electron chi connectivity index (χ2n) is 3.33. The average Bonchev–Trinajstić information content (AvgIpc) is 2.54.